The number of unbranched alkanes of at least 4 members (excludes halogenated alkanes) is 1. The number of aliphatic hydroxyl groups is 6. The molecule has 1 unspecified atom stereocenters. The second-order valence-electron chi connectivity index (χ2n) is 14.3. The van der Waals surface area contributed by atoms with Crippen LogP contribution in [0.15, 0.2) is 0 Å². The predicted molar refractivity (Wildman–Crippen MR) is 170 cm³/mol. The zero-order chi connectivity index (χ0) is 36.6. The van der Waals surface area contributed by atoms with Gasteiger partial charge in [-0.25, -0.2) is 0 Å². The number of carbonyl (C=O) groups excluding carboxylic acids is 4. The molecule has 0 aromatic carbocycles. The van der Waals surface area contributed by atoms with Crippen molar-refractivity contribution in [2.75, 3.05) is 19.8 Å². The van der Waals surface area contributed by atoms with Crippen molar-refractivity contribution in [3.05, 3.63) is 0 Å². The molecule has 0 spiro atoms. The first-order valence-corrected chi connectivity index (χ1v) is 17.2. The van der Waals surface area contributed by atoms with E-state index in [9.17, 15) is 49.8 Å². The molecule has 49 heavy (non-hydrogen) atoms. The molecule has 3 rings (SSSR count). The Morgan fingerprint density at radius 3 is 1.76 bits per heavy atom. The van der Waals surface area contributed by atoms with Crippen molar-refractivity contribution >= 4 is 23.4 Å². The highest BCUT2D eigenvalue weighted by atomic mass is 16.7. The van der Waals surface area contributed by atoms with Crippen LogP contribution in [-0.4, -0.2) is 152 Å². The molecule has 3 aliphatic heterocycles. The van der Waals surface area contributed by atoms with Gasteiger partial charge in [0.25, 0.3) is 0 Å². The molecule has 282 valence electrons. The van der Waals surface area contributed by atoms with Crippen LogP contribution in [-0.2, 0) is 38.1 Å². The molecular weight excluding hydrogens is 648 g/mol. The summed E-state index contributed by atoms with van der Waals surface area (Å²) >= 11 is 0. The summed E-state index contributed by atoms with van der Waals surface area (Å²) in [6.45, 7) is 8.39. The van der Waals surface area contributed by atoms with Crippen LogP contribution in [0.2, 0.25) is 0 Å². The molecule has 0 aromatic rings. The molecule has 0 bridgehead atoms. The maximum Gasteiger partial charge on any atom is 0.242 e. The number of hydrogen-bond donors (Lipinski definition) is 7. The smallest absolute Gasteiger partial charge is 0.242 e. The fourth-order valence-corrected chi connectivity index (χ4v) is 6.18. The van der Waals surface area contributed by atoms with Crippen LogP contribution in [0.5, 0.6) is 0 Å². The summed E-state index contributed by atoms with van der Waals surface area (Å²) in [4.78, 5) is 53.9. The Balaban J connectivity index is 1.56. The van der Waals surface area contributed by atoms with Crippen LogP contribution in [0.25, 0.3) is 0 Å². The van der Waals surface area contributed by atoms with E-state index in [-0.39, 0.29) is 69.3 Å². The molecule has 3 fully saturated rings. The lowest BCUT2D eigenvalue weighted by atomic mass is 9.88. The van der Waals surface area contributed by atoms with E-state index >= 15 is 0 Å². The van der Waals surface area contributed by atoms with Gasteiger partial charge in [-0.2, -0.15) is 0 Å². The maximum absolute atomic E-state index is 13.5. The number of Topliss-reactive ketones (excluding diaryl/α,β-unsaturated/α-hetero) is 2. The van der Waals surface area contributed by atoms with E-state index in [0.29, 0.717) is 19.3 Å². The monoisotopic (exact) mass is 704 g/mol. The number of carbonyl (C=O) groups is 4. The molecular formula is C33H56N2O14. The van der Waals surface area contributed by atoms with Crippen molar-refractivity contribution in [1.82, 2.24) is 10.2 Å². The van der Waals surface area contributed by atoms with Gasteiger partial charge in [-0.15, -0.1) is 0 Å². The predicted octanol–water partition coefficient (Wildman–Crippen LogP) is -1.32. The Labute approximate surface area is 287 Å². The van der Waals surface area contributed by atoms with Crippen LogP contribution in [0.1, 0.15) is 86.0 Å². The van der Waals surface area contributed by atoms with Gasteiger partial charge < -0.3 is 59.8 Å². The number of ether oxygens (including phenoxy) is 4. The van der Waals surface area contributed by atoms with Crippen molar-refractivity contribution < 1.29 is 68.8 Å². The summed E-state index contributed by atoms with van der Waals surface area (Å²) in [6.07, 6.45) is -10.5. The van der Waals surface area contributed by atoms with Crippen LogP contribution < -0.4 is 5.32 Å². The van der Waals surface area contributed by atoms with Gasteiger partial charge in [0.2, 0.25) is 11.8 Å². The highest BCUT2D eigenvalue weighted by molar-refractivity contribution is 5.94. The molecule has 0 aromatic heterocycles. The molecule has 7 N–H and O–H groups in total. The Hall–Kier alpha value is -2.12. The molecule has 12 atom stereocenters. The molecule has 16 nitrogen and oxygen atoms in total. The van der Waals surface area contributed by atoms with Gasteiger partial charge >= 0.3 is 0 Å². The Morgan fingerprint density at radius 2 is 1.20 bits per heavy atom. The third-order valence-corrected chi connectivity index (χ3v) is 9.38. The minimum Gasteiger partial charge on any atom is -0.388 e. The van der Waals surface area contributed by atoms with E-state index in [1.165, 1.54) is 18.7 Å². The zero-order valence-corrected chi connectivity index (χ0v) is 29.1. The number of amides is 2. The quantitative estimate of drug-likeness (QED) is 0.0922. The average Bonchev–Trinajstić information content (AvgIpc) is 3.50. The summed E-state index contributed by atoms with van der Waals surface area (Å²) in [5.74, 6) is -1.07. The maximum atomic E-state index is 13.5. The summed E-state index contributed by atoms with van der Waals surface area (Å²) < 4.78 is 21.8. The molecule has 3 heterocycles. The number of nitrogens with one attached hydrogen (secondary N) is 1. The van der Waals surface area contributed by atoms with Gasteiger partial charge in [0.15, 0.2) is 18.4 Å². The van der Waals surface area contributed by atoms with E-state index in [4.69, 9.17) is 18.9 Å². The summed E-state index contributed by atoms with van der Waals surface area (Å²) in [6, 6.07) is -1.79. The minimum atomic E-state index is -1.50. The molecule has 3 saturated heterocycles. The Bertz CT molecular complexity index is 1060. The van der Waals surface area contributed by atoms with Gasteiger partial charge in [-0.05, 0) is 46.0 Å². The van der Waals surface area contributed by atoms with E-state index in [1.807, 2.05) is 20.8 Å². The molecule has 2 amide bonds. The van der Waals surface area contributed by atoms with Crippen LogP contribution in [0.3, 0.4) is 0 Å². The molecule has 0 saturated carbocycles. The average molecular weight is 705 g/mol. The number of aliphatic hydroxyl groups excluding tert-OH is 6. The molecule has 16 heteroatoms. The fourth-order valence-electron chi connectivity index (χ4n) is 6.18. The van der Waals surface area contributed by atoms with Gasteiger partial charge in [0.05, 0.1) is 31.5 Å². The molecule has 0 radical (unpaired) electrons. The number of ketones is 2. The third kappa shape index (κ3) is 10.9. The number of likely N-dealkylation sites (tertiary alicyclic amines) is 1. The lowest BCUT2D eigenvalue weighted by Gasteiger charge is -2.38. The summed E-state index contributed by atoms with van der Waals surface area (Å²) in [5.41, 5.74) is -0.492. The van der Waals surface area contributed by atoms with Crippen LogP contribution >= 0.6 is 0 Å². The number of nitrogens with zero attached hydrogens (tertiary/aromatic N) is 1. The minimum absolute atomic E-state index is 0.00292. The van der Waals surface area contributed by atoms with Gasteiger partial charge in [0, 0.05) is 31.2 Å². The SMILES string of the molecule is C[C@@H]1O[C@@H](OCCCC(=O)C2CC[C@@H](C(=O)NCCO[C@@H]3O[C@@H](C)[C@@H](O)[C@@H](O)[C@@H]3O)N2C(=O)CCCCC(=O)C(C)(C)C)[C@@H](O)[C@H](O)[C@@H]1O. The second-order valence-corrected chi connectivity index (χ2v) is 14.3. The van der Waals surface area contributed by atoms with Crippen molar-refractivity contribution in [2.45, 2.75) is 159 Å². The fraction of sp³-hybridized carbons (Fsp3) is 0.879. The van der Waals surface area contributed by atoms with Crippen LogP contribution in [0.4, 0.5) is 0 Å². The van der Waals surface area contributed by atoms with Crippen molar-refractivity contribution in [3.8, 4) is 0 Å². The van der Waals surface area contributed by atoms with Crippen molar-refractivity contribution in [2.24, 2.45) is 5.41 Å². The van der Waals surface area contributed by atoms with E-state index < -0.39 is 84.8 Å². The first-order valence-electron chi connectivity index (χ1n) is 17.2. The second kappa shape index (κ2) is 18.4. The molecule has 3 aliphatic rings. The highest BCUT2D eigenvalue weighted by Gasteiger charge is 2.45. The largest absolute Gasteiger partial charge is 0.388 e. The van der Waals surface area contributed by atoms with Gasteiger partial charge in [0.1, 0.15) is 48.4 Å². The molecule has 0 aliphatic carbocycles. The third-order valence-electron chi connectivity index (χ3n) is 9.38. The Morgan fingerprint density at radius 1 is 0.694 bits per heavy atom. The van der Waals surface area contributed by atoms with E-state index in [1.54, 1.807) is 0 Å². The van der Waals surface area contributed by atoms with E-state index in [2.05, 4.69) is 5.32 Å². The van der Waals surface area contributed by atoms with Crippen molar-refractivity contribution in [1.29, 1.82) is 0 Å². The Kier molecular flexibility index (Phi) is 15.5. The van der Waals surface area contributed by atoms with Crippen LogP contribution in [0, 0.1) is 5.41 Å². The normalized spacial score (nSPS) is 35.3. The zero-order valence-electron chi connectivity index (χ0n) is 29.1. The van der Waals surface area contributed by atoms with Gasteiger partial charge in [-0.1, -0.05) is 20.8 Å². The number of rotatable bonds is 16. The van der Waals surface area contributed by atoms with E-state index in [0.717, 1.165) is 0 Å². The first-order chi connectivity index (χ1) is 22.9. The highest BCUT2D eigenvalue weighted by Crippen LogP contribution is 2.29. The topological polar surface area (TPSA) is 242 Å². The summed E-state index contributed by atoms with van der Waals surface area (Å²) in [5, 5.41) is 62.7. The number of hydrogen-bond acceptors (Lipinski definition) is 14. The summed E-state index contributed by atoms with van der Waals surface area (Å²) in [7, 11) is 0. The standard InChI is InChI=1S/C33H56N2O14/c1-17-24(39)26(41)28(43)31(48-17)46-15-8-9-21(36)19-12-13-20(35(19)23(38)11-7-6-10-22(37)33(3,4)5)30(45)34-14-16-47-32-29(44)27(42)25(40)18(2)49-32/h17-20,24-29,31-32,39-44H,6-16H2,1-5H3,(H,34,45)/t17-,18-,19?,20-,24+,25+,26+,27+,28-,29-,31+,32+/m0/s1. The van der Waals surface area contributed by atoms with Gasteiger partial charge in [-0.3, -0.25) is 19.2 Å². The first kappa shape index (κ1) is 41.3. The lowest BCUT2D eigenvalue weighted by molar-refractivity contribution is -0.293. The van der Waals surface area contributed by atoms with Crippen molar-refractivity contribution in [3.63, 3.8) is 0 Å². The lowest BCUT2D eigenvalue weighted by Crippen LogP contribution is -2.57.